The first kappa shape index (κ1) is 18.6. The third-order valence-electron chi connectivity index (χ3n) is 4.84. The molecule has 28 heavy (non-hydrogen) atoms. The zero-order valence-electron chi connectivity index (χ0n) is 15.9. The van der Waals surface area contributed by atoms with Crippen LogP contribution < -0.4 is 9.47 Å². The minimum absolute atomic E-state index is 0.0482. The molecule has 1 aromatic heterocycles. The largest absolute Gasteiger partial charge is 0.454 e. The summed E-state index contributed by atoms with van der Waals surface area (Å²) in [6, 6.07) is 11.0. The number of aryl methyl sites for hydroxylation is 1. The van der Waals surface area contributed by atoms with Gasteiger partial charge in [-0.1, -0.05) is 18.5 Å². The van der Waals surface area contributed by atoms with Crippen LogP contribution in [0.4, 0.5) is 0 Å². The topological polar surface area (TPSA) is 56.6 Å². The van der Waals surface area contributed by atoms with Gasteiger partial charge in [-0.3, -0.25) is 4.79 Å². The minimum Gasteiger partial charge on any atom is -0.454 e. The number of imidazole rings is 1. The van der Waals surface area contributed by atoms with E-state index in [0.29, 0.717) is 35.2 Å². The van der Waals surface area contributed by atoms with E-state index in [-0.39, 0.29) is 12.7 Å². The fraction of sp³-hybridized carbons (Fsp3) is 0.333. The summed E-state index contributed by atoms with van der Waals surface area (Å²) in [5, 5.41) is 0.676. The second-order valence-corrected chi connectivity index (χ2v) is 7.14. The van der Waals surface area contributed by atoms with Crippen molar-refractivity contribution in [1.29, 1.82) is 0 Å². The van der Waals surface area contributed by atoms with Gasteiger partial charge in [-0.05, 0) is 49.7 Å². The fourth-order valence-electron chi connectivity index (χ4n) is 3.52. The van der Waals surface area contributed by atoms with E-state index in [4.69, 9.17) is 26.1 Å². The number of halogens is 1. The molecule has 6 nitrogen and oxygen atoms in total. The summed E-state index contributed by atoms with van der Waals surface area (Å²) >= 11 is 6.16. The number of carbonyl (C=O) groups excluding carboxylic acids is 1. The Kier molecular flexibility index (Phi) is 5.13. The van der Waals surface area contributed by atoms with E-state index in [2.05, 4.69) is 18.4 Å². The SMILES string of the molecule is CCCN(Cc1nc2ccc(Cl)cc2n1CC)C(=O)c1ccc2c(c1)OCO2. The summed E-state index contributed by atoms with van der Waals surface area (Å²) < 4.78 is 12.9. The van der Waals surface area contributed by atoms with Crippen molar-refractivity contribution in [2.24, 2.45) is 0 Å². The number of ether oxygens (including phenoxy) is 2. The Morgan fingerprint density at radius 1 is 1.18 bits per heavy atom. The van der Waals surface area contributed by atoms with Gasteiger partial charge in [0.1, 0.15) is 5.82 Å². The molecule has 4 rings (SSSR count). The first-order valence-corrected chi connectivity index (χ1v) is 9.82. The maximum Gasteiger partial charge on any atom is 0.254 e. The van der Waals surface area contributed by atoms with Crippen molar-refractivity contribution >= 4 is 28.5 Å². The fourth-order valence-corrected chi connectivity index (χ4v) is 3.69. The van der Waals surface area contributed by atoms with Crippen LogP contribution in [-0.2, 0) is 13.1 Å². The van der Waals surface area contributed by atoms with E-state index in [1.54, 1.807) is 18.2 Å². The van der Waals surface area contributed by atoms with Crippen molar-refractivity contribution in [1.82, 2.24) is 14.5 Å². The molecule has 0 fully saturated rings. The molecule has 0 N–H and O–H groups in total. The number of carbonyl (C=O) groups is 1. The van der Waals surface area contributed by atoms with Crippen LogP contribution in [0.5, 0.6) is 11.5 Å². The van der Waals surface area contributed by atoms with Crippen LogP contribution in [0.25, 0.3) is 11.0 Å². The number of rotatable bonds is 6. The average Bonchev–Trinajstić information content (AvgIpc) is 3.29. The van der Waals surface area contributed by atoms with Gasteiger partial charge in [-0.15, -0.1) is 0 Å². The van der Waals surface area contributed by atoms with Gasteiger partial charge in [0.15, 0.2) is 11.5 Å². The second-order valence-electron chi connectivity index (χ2n) is 6.70. The van der Waals surface area contributed by atoms with Gasteiger partial charge in [-0.2, -0.15) is 0 Å². The maximum absolute atomic E-state index is 13.2. The van der Waals surface area contributed by atoms with Crippen molar-refractivity contribution in [3.8, 4) is 11.5 Å². The molecule has 0 atom stereocenters. The molecular formula is C21H22ClN3O3. The van der Waals surface area contributed by atoms with Crippen molar-refractivity contribution in [3.63, 3.8) is 0 Å². The molecule has 0 spiro atoms. The highest BCUT2D eigenvalue weighted by Gasteiger charge is 2.22. The van der Waals surface area contributed by atoms with Crippen LogP contribution in [0, 0.1) is 0 Å². The van der Waals surface area contributed by atoms with Gasteiger partial charge in [0.25, 0.3) is 5.91 Å². The van der Waals surface area contributed by atoms with E-state index < -0.39 is 0 Å². The van der Waals surface area contributed by atoms with E-state index in [1.807, 2.05) is 23.1 Å². The lowest BCUT2D eigenvalue weighted by atomic mass is 10.1. The summed E-state index contributed by atoms with van der Waals surface area (Å²) in [4.78, 5) is 19.8. The first-order valence-electron chi connectivity index (χ1n) is 9.44. The number of aromatic nitrogens is 2. The average molecular weight is 400 g/mol. The molecule has 2 aromatic carbocycles. The van der Waals surface area contributed by atoms with Crippen LogP contribution in [-0.4, -0.2) is 33.7 Å². The predicted molar refractivity (Wildman–Crippen MR) is 108 cm³/mol. The number of nitrogens with zero attached hydrogens (tertiary/aromatic N) is 3. The summed E-state index contributed by atoms with van der Waals surface area (Å²) in [5.41, 5.74) is 2.45. The van der Waals surface area contributed by atoms with Gasteiger partial charge in [0.05, 0.1) is 17.6 Å². The molecular weight excluding hydrogens is 378 g/mol. The third-order valence-corrected chi connectivity index (χ3v) is 5.07. The van der Waals surface area contributed by atoms with Crippen LogP contribution in [0.2, 0.25) is 5.02 Å². The lowest BCUT2D eigenvalue weighted by Crippen LogP contribution is -2.32. The van der Waals surface area contributed by atoms with Crippen molar-refractivity contribution < 1.29 is 14.3 Å². The van der Waals surface area contributed by atoms with Crippen LogP contribution >= 0.6 is 11.6 Å². The summed E-state index contributed by atoms with van der Waals surface area (Å²) in [6.45, 7) is 6.14. The Hall–Kier alpha value is -2.73. The number of amides is 1. The molecule has 1 amide bonds. The summed E-state index contributed by atoms with van der Waals surface area (Å²) in [5.74, 6) is 2.08. The maximum atomic E-state index is 13.2. The Bertz CT molecular complexity index is 1030. The molecule has 3 aromatic rings. The summed E-state index contributed by atoms with van der Waals surface area (Å²) in [7, 11) is 0. The summed E-state index contributed by atoms with van der Waals surface area (Å²) in [6.07, 6.45) is 0.856. The van der Waals surface area contributed by atoms with Gasteiger partial charge >= 0.3 is 0 Å². The quantitative estimate of drug-likeness (QED) is 0.612. The molecule has 0 aliphatic carbocycles. The second kappa shape index (κ2) is 7.72. The highest BCUT2D eigenvalue weighted by atomic mass is 35.5. The predicted octanol–water partition coefficient (Wildman–Crippen LogP) is 4.49. The normalized spacial score (nSPS) is 12.5. The standard InChI is InChI=1S/C21H22ClN3O3/c1-3-9-24(21(26)14-5-8-18-19(10-14)28-13-27-18)12-20-23-16-7-6-15(22)11-17(16)25(20)4-2/h5-8,10-11H,3-4,9,12-13H2,1-2H3. The molecule has 1 aliphatic heterocycles. The van der Waals surface area contributed by atoms with Crippen LogP contribution in [0.15, 0.2) is 36.4 Å². The minimum atomic E-state index is -0.0482. The highest BCUT2D eigenvalue weighted by molar-refractivity contribution is 6.31. The molecule has 1 aliphatic rings. The monoisotopic (exact) mass is 399 g/mol. The molecule has 7 heteroatoms. The number of fused-ring (bicyclic) bond motifs is 2. The Morgan fingerprint density at radius 2 is 2.00 bits per heavy atom. The molecule has 0 saturated carbocycles. The molecule has 146 valence electrons. The number of hydrogen-bond donors (Lipinski definition) is 0. The van der Waals surface area contributed by atoms with Gasteiger partial charge in [0.2, 0.25) is 6.79 Å². The zero-order valence-corrected chi connectivity index (χ0v) is 16.7. The smallest absolute Gasteiger partial charge is 0.254 e. The molecule has 0 unspecified atom stereocenters. The van der Waals surface area contributed by atoms with E-state index in [0.717, 1.165) is 29.8 Å². The zero-order chi connectivity index (χ0) is 19.7. The van der Waals surface area contributed by atoms with Crippen molar-refractivity contribution in [2.75, 3.05) is 13.3 Å². The first-order chi connectivity index (χ1) is 13.6. The van der Waals surface area contributed by atoms with Gasteiger partial charge in [0, 0.05) is 23.7 Å². The molecule has 0 saturated heterocycles. The number of benzene rings is 2. The molecule has 2 heterocycles. The Labute approximate surface area is 168 Å². The lowest BCUT2D eigenvalue weighted by Gasteiger charge is -2.22. The lowest BCUT2D eigenvalue weighted by molar-refractivity contribution is 0.0737. The highest BCUT2D eigenvalue weighted by Crippen LogP contribution is 2.33. The van der Waals surface area contributed by atoms with E-state index in [9.17, 15) is 4.79 Å². The van der Waals surface area contributed by atoms with E-state index >= 15 is 0 Å². The van der Waals surface area contributed by atoms with Gasteiger partial charge < -0.3 is 18.9 Å². The Balaban J connectivity index is 1.65. The van der Waals surface area contributed by atoms with Crippen LogP contribution in [0.1, 0.15) is 36.5 Å². The van der Waals surface area contributed by atoms with Crippen LogP contribution in [0.3, 0.4) is 0 Å². The van der Waals surface area contributed by atoms with Crippen molar-refractivity contribution in [3.05, 3.63) is 52.8 Å². The van der Waals surface area contributed by atoms with Crippen molar-refractivity contribution in [2.45, 2.75) is 33.4 Å². The van der Waals surface area contributed by atoms with Gasteiger partial charge in [-0.25, -0.2) is 4.98 Å². The van der Waals surface area contributed by atoms with E-state index in [1.165, 1.54) is 0 Å². The molecule has 0 bridgehead atoms. The third kappa shape index (κ3) is 3.40. The molecule has 0 radical (unpaired) electrons. The number of hydrogen-bond acceptors (Lipinski definition) is 4. The Morgan fingerprint density at radius 3 is 2.79 bits per heavy atom.